The number of hydrogen-bond acceptors (Lipinski definition) is 2. The summed E-state index contributed by atoms with van der Waals surface area (Å²) in [6.07, 6.45) is 9.13. The van der Waals surface area contributed by atoms with Gasteiger partial charge in [0.25, 0.3) is 0 Å². The molecule has 0 radical (unpaired) electrons. The summed E-state index contributed by atoms with van der Waals surface area (Å²) in [4.78, 5) is 28.7. The fourth-order valence-electron chi connectivity index (χ4n) is 5.54. The molecule has 3 saturated heterocycles. The highest BCUT2D eigenvalue weighted by Crippen LogP contribution is 2.47. The van der Waals surface area contributed by atoms with Crippen molar-refractivity contribution in [3.63, 3.8) is 0 Å². The summed E-state index contributed by atoms with van der Waals surface area (Å²) >= 11 is 0. The van der Waals surface area contributed by atoms with Crippen molar-refractivity contribution in [2.45, 2.75) is 57.4 Å². The van der Waals surface area contributed by atoms with Gasteiger partial charge in [-0.05, 0) is 62.7 Å². The van der Waals surface area contributed by atoms with E-state index in [1.54, 1.807) is 0 Å². The second-order valence-electron chi connectivity index (χ2n) is 8.15. The third kappa shape index (κ3) is 3.20. The van der Waals surface area contributed by atoms with Crippen molar-refractivity contribution in [2.24, 2.45) is 17.8 Å². The summed E-state index contributed by atoms with van der Waals surface area (Å²) in [6.45, 7) is 3.20. The summed E-state index contributed by atoms with van der Waals surface area (Å²) in [7, 11) is 0. The third-order valence-electron chi connectivity index (χ3n) is 6.44. The van der Waals surface area contributed by atoms with E-state index in [9.17, 15) is 9.59 Å². The second kappa shape index (κ2) is 6.33. The lowest BCUT2D eigenvalue weighted by atomic mass is 9.68. The van der Waals surface area contributed by atoms with E-state index in [1.165, 1.54) is 32.1 Å². The van der Waals surface area contributed by atoms with Crippen LogP contribution in [0.15, 0.2) is 0 Å². The Morgan fingerprint density at radius 1 is 0.913 bits per heavy atom. The molecule has 5 rings (SSSR count). The number of amides is 3. The van der Waals surface area contributed by atoms with E-state index in [2.05, 4.69) is 10.2 Å². The number of carbonyl (C=O) groups is 2. The first-order valence-corrected chi connectivity index (χ1v) is 9.51. The molecule has 0 spiro atoms. The molecule has 5 nitrogen and oxygen atoms in total. The van der Waals surface area contributed by atoms with Gasteiger partial charge in [0.15, 0.2) is 0 Å². The summed E-state index contributed by atoms with van der Waals surface area (Å²) in [5, 5.41) is 3.02. The zero-order valence-corrected chi connectivity index (χ0v) is 14.0. The maximum atomic E-state index is 12.6. The monoisotopic (exact) mass is 319 g/mol. The average molecular weight is 319 g/mol. The molecule has 3 heterocycles. The van der Waals surface area contributed by atoms with Crippen LogP contribution in [0.1, 0.15) is 51.4 Å². The molecule has 0 aromatic heterocycles. The fraction of sp³-hybridized carbons (Fsp3) is 0.889. The molecule has 2 saturated carbocycles. The van der Waals surface area contributed by atoms with Gasteiger partial charge in [0.05, 0.1) is 0 Å². The quantitative estimate of drug-likeness (QED) is 0.867. The Morgan fingerprint density at radius 2 is 1.57 bits per heavy atom. The van der Waals surface area contributed by atoms with Crippen LogP contribution in [-0.2, 0) is 4.79 Å². The summed E-state index contributed by atoms with van der Waals surface area (Å²) < 4.78 is 0. The molecule has 128 valence electrons. The van der Waals surface area contributed by atoms with Crippen LogP contribution in [0.5, 0.6) is 0 Å². The van der Waals surface area contributed by atoms with Crippen LogP contribution in [-0.4, -0.2) is 54.0 Å². The molecular formula is C18H29N3O2. The molecule has 5 heteroatoms. The first kappa shape index (κ1) is 15.3. The van der Waals surface area contributed by atoms with Gasteiger partial charge in [-0.2, -0.15) is 0 Å². The van der Waals surface area contributed by atoms with Crippen LogP contribution >= 0.6 is 0 Å². The number of rotatable bonds is 3. The number of hydrogen-bond donors (Lipinski definition) is 1. The number of nitrogens with one attached hydrogen (secondary N) is 1. The van der Waals surface area contributed by atoms with Gasteiger partial charge >= 0.3 is 6.03 Å². The van der Waals surface area contributed by atoms with Crippen molar-refractivity contribution in [3.05, 3.63) is 0 Å². The van der Waals surface area contributed by atoms with Gasteiger partial charge in [0, 0.05) is 38.6 Å². The lowest BCUT2D eigenvalue weighted by Gasteiger charge is -2.38. The molecule has 5 fully saturated rings. The number of nitrogens with zero attached hydrogens (tertiary/aromatic N) is 2. The van der Waals surface area contributed by atoms with E-state index < -0.39 is 0 Å². The van der Waals surface area contributed by atoms with Crippen LogP contribution in [0.3, 0.4) is 0 Å². The molecule has 3 aliphatic heterocycles. The van der Waals surface area contributed by atoms with Crippen LogP contribution in [0.2, 0.25) is 0 Å². The van der Waals surface area contributed by atoms with Crippen LogP contribution in [0.4, 0.5) is 4.79 Å². The Kier molecular flexibility index (Phi) is 4.20. The van der Waals surface area contributed by atoms with E-state index in [-0.39, 0.29) is 11.9 Å². The molecule has 4 bridgehead atoms. The molecule has 23 heavy (non-hydrogen) atoms. The van der Waals surface area contributed by atoms with Crippen molar-refractivity contribution in [3.8, 4) is 0 Å². The molecule has 2 unspecified atom stereocenters. The van der Waals surface area contributed by atoms with Gasteiger partial charge < -0.3 is 15.1 Å². The highest BCUT2D eigenvalue weighted by Gasteiger charge is 2.43. The first-order chi connectivity index (χ1) is 11.2. The Bertz CT molecular complexity index is 461. The Morgan fingerprint density at radius 3 is 2.26 bits per heavy atom. The Balaban J connectivity index is 1.28. The van der Waals surface area contributed by atoms with Gasteiger partial charge in [0.2, 0.25) is 5.91 Å². The average Bonchev–Trinajstić information content (AvgIpc) is 2.98. The van der Waals surface area contributed by atoms with E-state index in [1.807, 2.05) is 4.90 Å². The molecule has 2 aliphatic carbocycles. The topological polar surface area (TPSA) is 52.7 Å². The highest BCUT2D eigenvalue weighted by atomic mass is 16.2. The number of fused-ring (bicyclic) bond motifs is 1. The molecule has 0 aromatic carbocycles. The number of likely N-dealkylation sites (tertiary alicyclic amines) is 1. The minimum absolute atomic E-state index is 0.0671. The molecule has 5 aliphatic rings. The predicted molar refractivity (Wildman–Crippen MR) is 87.9 cm³/mol. The summed E-state index contributed by atoms with van der Waals surface area (Å²) in [6, 6.07) is 0.512. The zero-order chi connectivity index (χ0) is 15.8. The van der Waals surface area contributed by atoms with Gasteiger partial charge in [-0.3, -0.25) is 4.79 Å². The minimum Gasteiger partial charge on any atom is -0.343 e. The zero-order valence-electron chi connectivity index (χ0n) is 14.0. The van der Waals surface area contributed by atoms with Crippen LogP contribution in [0.25, 0.3) is 0 Å². The lowest BCUT2D eigenvalue weighted by Crippen LogP contribution is -2.48. The lowest BCUT2D eigenvalue weighted by molar-refractivity contribution is -0.129. The van der Waals surface area contributed by atoms with E-state index >= 15 is 0 Å². The maximum Gasteiger partial charge on any atom is 0.317 e. The van der Waals surface area contributed by atoms with Gasteiger partial charge in [-0.25, -0.2) is 4.79 Å². The standard InChI is InChI=1S/C18H29N3O2/c22-17(20-5-1-2-6-20)3-4-19-18(23)21-12-15-8-13-7-14(9-15)11-16(21)10-13/h13-16H,1-12H2,(H,19,23). The first-order valence-electron chi connectivity index (χ1n) is 9.51. The SMILES string of the molecule is O=C(CCNC(=O)N1CC2CC3CC(C2)CC1C3)N1CCCC1. The summed E-state index contributed by atoms with van der Waals surface area (Å²) in [5.74, 6) is 2.61. The second-order valence-corrected chi connectivity index (χ2v) is 8.15. The molecule has 3 amide bonds. The van der Waals surface area contributed by atoms with Crippen LogP contribution < -0.4 is 5.32 Å². The van der Waals surface area contributed by atoms with Crippen molar-refractivity contribution in [1.29, 1.82) is 0 Å². The minimum atomic E-state index is 0.0671. The molecular weight excluding hydrogens is 290 g/mol. The highest BCUT2D eigenvalue weighted by molar-refractivity contribution is 5.78. The smallest absolute Gasteiger partial charge is 0.317 e. The Hall–Kier alpha value is -1.26. The number of carbonyl (C=O) groups excluding carboxylic acids is 2. The third-order valence-corrected chi connectivity index (χ3v) is 6.44. The van der Waals surface area contributed by atoms with Crippen molar-refractivity contribution >= 4 is 11.9 Å². The largest absolute Gasteiger partial charge is 0.343 e. The van der Waals surface area contributed by atoms with E-state index in [4.69, 9.17) is 0 Å². The van der Waals surface area contributed by atoms with Gasteiger partial charge in [0.1, 0.15) is 0 Å². The van der Waals surface area contributed by atoms with E-state index in [0.717, 1.165) is 44.3 Å². The van der Waals surface area contributed by atoms with Crippen molar-refractivity contribution < 1.29 is 9.59 Å². The molecule has 0 aromatic rings. The van der Waals surface area contributed by atoms with Crippen molar-refractivity contribution in [1.82, 2.24) is 15.1 Å². The Labute approximate surface area is 138 Å². The molecule has 1 N–H and O–H groups in total. The summed E-state index contributed by atoms with van der Waals surface area (Å²) in [5.41, 5.74) is 0. The maximum absolute atomic E-state index is 12.6. The van der Waals surface area contributed by atoms with E-state index in [0.29, 0.717) is 24.9 Å². The molecule has 2 atom stereocenters. The normalized spacial score (nSPS) is 35.5. The van der Waals surface area contributed by atoms with Crippen molar-refractivity contribution in [2.75, 3.05) is 26.2 Å². The number of urea groups is 1. The van der Waals surface area contributed by atoms with Gasteiger partial charge in [-0.1, -0.05) is 0 Å². The van der Waals surface area contributed by atoms with Crippen LogP contribution in [0, 0.1) is 17.8 Å². The fourth-order valence-corrected chi connectivity index (χ4v) is 5.54. The van der Waals surface area contributed by atoms with Gasteiger partial charge in [-0.15, -0.1) is 0 Å². The predicted octanol–water partition coefficient (Wildman–Crippen LogP) is 2.22.